The van der Waals surface area contributed by atoms with Gasteiger partial charge in [-0.1, -0.05) is 83.9 Å². The van der Waals surface area contributed by atoms with E-state index in [0.29, 0.717) is 11.0 Å². The highest BCUT2D eigenvalue weighted by Crippen LogP contribution is 2.30. The van der Waals surface area contributed by atoms with Crippen LogP contribution in [0.4, 0.5) is 0 Å². The molecule has 4 aromatic rings. The van der Waals surface area contributed by atoms with E-state index in [-0.39, 0.29) is 0 Å². The predicted octanol–water partition coefficient (Wildman–Crippen LogP) is 5.93. The second-order valence-corrected chi connectivity index (χ2v) is 6.18. The van der Waals surface area contributed by atoms with E-state index in [9.17, 15) is 0 Å². The quantitative estimate of drug-likeness (QED) is 0.426. The summed E-state index contributed by atoms with van der Waals surface area (Å²) in [4.78, 5) is 9.15. The topological polar surface area (TPSA) is 25.8 Å². The lowest BCUT2D eigenvalue weighted by molar-refractivity contribution is 1.18. The first-order chi connectivity index (χ1) is 11.7. The van der Waals surface area contributed by atoms with Gasteiger partial charge in [-0.15, -0.1) is 0 Å². The van der Waals surface area contributed by atoms with Gasteiger partial charge in [0, 0.05) is 17.2 Å². The monoisotopic (exact) mass is 330 g/mol. The van der Waals surface area contributed by atoms with Crippen LogP contribution in [0.2, 0.25) is 5.15 Å². The number of rotatable bonds is 2. The summed E-state index contributed by atoms with van der Waals surface area (Å²) in [5, 5.41) is 2.79. The molecule has 0 aliphatic rings. The summed E-state index contributed by atoms with van der Waals surface area (Å²) in [6.07, 6.45) is 0. The summed E-state index contributed by atoms with van der Waals surface area (Å²) in [5.41, 5.74) is 4.06. The molecule has 0 atom stereocenters. The van der Waals surface area contributed by atoms with Gasteiger partial charge in [-0.25, -0.2) is 9.97 Å². The van der Waals surface area contributed by atoms with Gasteiger partial charge in [-0.05, 0) is 17.7 Å². The SMILES string of the molecule is Cc1ccc(-c2nc(Cl)cc(-c3cccc4ccccc34)n2)cc1. The molecule has 0 spiro atoms. The van der Waals surface area contributed by atoms with Crippen LogP contribution in [-0.2, 0) is 0 Å². The number of nitrogens with zero attached hydrogens (tertiary/aromatic N) is 2. The molecule has 0 aliphatic carbocycles. The van der Waals surface area contributed by atoms with Gasteiger partial charge in [0.2, 0.25) is 0 Å². The Labute approximate surface area is 145 Å². The molecule has 1 aromatic heterocycles. The molecule has 2 nitrogen and oxygen atoms in total. The number of fused-ring (bicyclic) bond motifs is 1. The lowest BCUT2D eigenvalue weighted by Crippen LogP contribution is -1.94. The second-order valence-electron chi connectivity index (χ2n) is 5.79. The van der Waals surface area contributed by atoms with Crippen LogP contribution in [-0.4, -0.2) is 9.97 Å². The van der Waals surface area contributed by atoms with E-state index in [4.69, 9.17) is 16.6 Å². The first-order valence-corrected chi connectivity index (χ1v) is 8.18. The van der Waals surface area contributed by atoms with Crippen molar-refractivity contribution in [2.75, 3.05) is 0 Å². The minimum Gasteiger partial charge on any atom is -0.228 e. The van der Waals surface area contributed by atoms with Crippen LogP contribution >= 0.6 is 11.6 Å². The minimum atomic E-state index is 0.448. The molecule has 0 saturated carbocycles. The van der Waals surface area contributed by atoms with Crippen LogP contribution in [0.25, 0.3) is 33.4 Å². The van der Waals surface area contributed by atoms with Gasteiger partial charge in [0.15, 0.2) is 5.82 Å². The van der Waals surface area contributed by atoms with Crippen LogP contribution in [0.3, 0.4) is 0 Å². The Morgan fingerprint density at radius 3 is 2.38 bits per heavy atom. The first-order valence-electron chi connectivity index (χ1n) is 7.80. The lowest BCUT2D eigenvalue weighted by Gasteiger charge is -2.09. The minimum absolute atomic E-state index is 0.448. The van der Waals surface area contributed by atoms with Gasteiger partial charge in [0.1, 0.15) is 5.15 Å². The summed E-state index contributed by atoms with van der Waals surface area (Å²) in [7, 11) is 0. The highest BCUT2D eigenvalue weighted by molar-refractivity contribution is 6.29. The summed E-state index contributed by atoms with van der Waals surface area (Å²) in [6, 6.07) is 24.5. The zero-order valence-electron chi connectivity index (χ0n) is 13.2. The standard InChI is InChI=1S/C21H15ClN2/c1-14-9-11-16(12-10-14)21-23-19(13-20(22)24-21)18-8-4-6-15-5-2-3-7-17(15)18/h2-13H,1H3. The van der Waals surface area contributed by atoms with Gasteiger partial charge in [0.05, 0.1) is 5.69 Å². The molecule has 0 fully saturated rings. The van der Waals surface area contributed by atoms with E-state index < -0.39 is 0 Å². The molecule has 1 heterocycles. The summed E-state index contributed by atoms with van der Waals surface area (Å²) < 4.78 is 0. The van der Waals surface area contributed by atoms with Crippen molar-refractivity contribution in [3.8, 4) is 22.6 Å². The average Bonchev–Trinajstić information content (AvgIpc) is 2.61. The molecule has 0 saturated heterocycles. The van der Waals surface area contributed by atoms with Crippen molar-refractivity contribution in [2.45, 2.75) is 6.92 Å². The van der Waals surface area contributed by atoms with Crippen LogP contribution in [0, 0.1) is 6.92 Å². The zero-order chi connectivity index (χ0) is 16.5. The predicted molar refractivity (Wildman–Crippen MR) is 100 cm³/mol. The first kappa shape index (κ1) is 14.9. The Morgan fingerprint density at radius 2 is 1.54 bits per heavy atom. The Morgan fingerprint density at radius 1 is 0.792 bits per heavy atom. The molecule has 4 rings (SSSR count). The molecular weight excluding hydrogens is 316 g/mol. The maximum absolute atomic E-state index is 6.28. The Kier molecular flexibility index (Phi) is 3.75. The Bertz CT molecular complexity index is 1020. The van der Waals surface area contributed by atoms with Crippen molar-refractivity contribution in [3.05, 3.63) is 83.5 Å². The fourth-order valence-corrected chi connectivity index (χ4v) is 3.02. The highest BCUT2D eigenvalue weighted by atomic mass is 35.5. The molecule has 24 heavy (non-hydrogen) atoms. The van der Waals surface area contributed by atoms with Crippen LogP contribution < -0.4 is 0 Å². The molecule has 0 N–H and O–H groups in total. The third-order valence-corrected chi connectivity index (χ3v) is 4.26. The molecule has 3 heteroatoms. The van der Waals surface area contributed by atoms with E-state index in [1.165, 1.54) is 10.9 Å². The molecule has 0 aliphatic heterocycles. The molecule has 0 bridgehead atoms. The van der Waals surface area contributed by atoms with E-state index >= 15 is 0 Å². The van der Waals surface area contributed by atoms with Crippen LogP contribution in [0.5, 0.6) is 0 Å². The number of benzene rings is 3. The molecule has 0 unspecified atom stereocenters. The number of halogens is 1. The zero-order valence-corrected chi connectivity index (χ0v) is 14.0. The fourth-order valence-electron chi connectivity index (χ4n) is 2.84. The lowest BCUT2D eigenvalue weighted by atomic mass is 10.0. The molecule has 116 valence electrons. The number of aryl methyl sites for hydroxylation is 1. The third-order valence-electron chi connectivity index (χ3n) is 4.07. The maximum atomic E-state index is 6.28. The van der Waals surface area contributed by atoms with E-state index in [0.717, 1.165) is 22.2 Å². The summed E-state index contributed by atoms with van der Waals surface area (Å²) in [5.74, 6) is 0.644. The van der Waals surface area contributed by atoms with Gasteiger partial charge in [0.25, 0.3) is 0 Å². The van der Waals surface area contributed by atoms with Crippen LogP contribution in [0.1, 0.15) is 5.56 Å². The van der Waals surface area contributed by atoms with E-state index in [1.807, 2.05) is 36.4 Å². The van der Waals surface area contributed by atoms with Crippen molar-refractivity contribution < 1.29 is 0 Å². The maximum Gasteiger partial charge on any atom is 0.161 e. The molecular formula is C21H15ClN2. The van der Waals surface area contributed by atoms with Crippen molar-refractivity contribution in [1.29, 1.82) is 0 Å². The molecule has 0 radical (unpaired) electrons. The second kappa shape index (κ2) is 6.06. The number of aromatic nitrogens is 2. The summed E-state index contributed by atoms with van der Waals surface area (Å²) >= 11 is 6.28. The number of hydrogen-bond acceptors (Lipinski definition) is 2. The van der Waals surface area contributed by atoms with Crippen molar-refractivity contribution in [2.24, 2.45) is 0 Å². The van der Waals surface area contributed by atoms with Gasteiger partial charge < -0.3 is 0 Å². The van der Waals surface area contributed by atoms with Crippen molar-refractivity contribution >= 4 is 22.4 Å². The van der Waals surface area contributed by atoms with E-state index in [2.05, 4.69) is 48.3 Å². The van der Waals surface area contributed by atoms with E-state index in [1.54, 1.807) is 0 Å². The van der Waals surface area contributed by atoms with Gasteiger partial charge in [-0.2, -0.15) is 0 Å². The van der Waals surface area contributed by atoms with Gasteiger partial charge >= 0.3 is 0 Å². The largest absolute Gasteiger partial charge is 0.228 e. The summed E-state index contributed by atoms with van der Waals surface area (Å²) in [6.45, 7) is 2.06. The van der Waals surface area contributed by atoms with Gasteiger partial charge in [-0.3, -0.25) is 0 Å². The Balaban J connectivity index is 1.91. The smallest absolute Gasteiger partial charge is 0.161 e. The Hall–Kier alpha value is -2.71. The van der Waals surface area contributed by atoms with Crippen molar-refractivity contribution in [3.63, 3.8) is 0 Å². The van der Waals surface area contributed by atoms with Crippen LogP contribution in [0.15, 0.2) is 72.8 Å². The normalized spacial score (nSPS) is 10.9. The van der Waals surface area contributed by atoms with Crippen molar-refractivity contribution in [1.82, 2.24) is 9.97 Å². The molecule has 3 aromatic carbocycles. The number of hydrogen-bond donors (Lipinski definition) is 0. The highest BCUT2D eigenvalue weighted by Gasteiger charge is 2.10. The average molecular weight is 331 g/mol. The third kappa shape index (κ3) is 2.77. The molecule has 0 amide bonds. The fraction of sp³-hybridized carbons (Fsp3) is 0.0476.